The van der Waals surface area contributed by atoms with Gasteiger partial charge in [-0.1, -0.05) is 12.1 Å². The van der Waals surface area contributed by atoms with Gasteiger partial charge < -0.3 is 0 Å². The third-order valence-electron chi connectivity index (χ3n) is 8.55. The Morgan fingerprint density at radius 1 is 0.514 bits per heavy atom. The molecule has 3 aromatic rings. The Bertz CT molecular complexity index is 1760. The molecule has 3 aromatic carbocycles. The van der Waals surface area contributed by atoms with Gasteiger partial charge in [0.05, 0.1) is 32.1 Å². The fraction of sp³-hybridized carbons (Fsp3) is 0.419. The van der Waals surface area contributed by atoms with Crippen LogP contribution in [0.5, 0.6) is 0 Å². The van der Waals surface area contributed by atoms with Crippen LogP contribution in [0, 0.1) is 47.5 Å². The van der Waals surface area contributed by atoms with E-state index in [1.807, 2.05) is 0 Å². The average Bonchev–Trinajstić information content (AvgIpc) is 3.64. The van der Waals surface area contributed by atoms with E-state index in [0.717, 1.165) is 51.4 Å². The Labute approximate surface area is 217 Å². The van der Waals surface area contributed by atoms with E-state index < -0.39 is 0 Å². The van der Waals surface area contributed by atoms with Crippen molar-refractivity contribution in [3.05, 3.63) is 100 Å². The van der Waals surface area contributed by atoms with Gasteiger partial charge >= 0.3 is 0 Å². The molecular formula is C31H34N6. The van der Waals surface area contributed by atoms with Gasteiger partial charge in [0, 0.05) is 0 Å². The molecule has 6 heteroatoms. The monoisotopic (exact) mass is 490 g/mol. The summed E-state index contributed by atoms with van der Waals surface area (Å²) in [5.74, 6) is 0.351. The van der Waals surface area contributed by atoms with Crippen LogP contribution in [0.2, 0.25) is 0 Å². The van der Waals surface area contributed by atoms with Crippen molar-refractivity contribution in [1.82, 2.24) is 0 Å². The van der Waals surface area contributed by atoms with Crippen molar-refractivity contribution in [3.8, 4) is 0 Å². The minimum absolute atomic E-state index is 0.351. The molecule has 6 rings (SSSR count). The van der Waals surface area contributed by atoms with E-state index in [0.29, 0.717) is 25.9 Å². The number of nitrogens with zero attached hydrogens (tertiary/aromatic N) is 6. The maximum Gasteiger partial charge on any atom is 0.130 e. The number of rotatable bonds is 6. The molecule has 0 unspecified atom stereocenters. The van der Waals surface area contributed by atoms with Crippen LogP contribution in [-0.2, 0) is 19.3 Å². The van der Waals surface area contributed by atoms with E-state index in [1.54, 1.807) is 0 Å². The number of hydrogen-bond donors (Lipinski definition) is 0. The molecule has 6 nitrogen and oxygen atoms in total. The van der Waals surface area contributed by atoms with E-state index in [2.05, 4.69) is 64.7 Å². The Morgan fingerprint density at radius 3 is 1.54 bits per heavy atom. The summed E-state index contributed by atoms with van der Waals surface area (Å²) in [6, 6.07) is 6.86. The van der Waals surface area contributed by atoms with Crippen LogP contribution >= 0.6 is 0 Å². The Balaban J connectivity index is 1.48. The first kappa shape index (κ1) is 23.8. The highest BCUT2D eigenvalue weighted by Gasteiger charge is 2.21. The topological polar surface area (TPSA) is 74.2 Å². The van der Waals surface area contributed by atoms with Gasteiger partial charge in [-0.2, -0.15) is 0 Å². The SMILES string of the molecule is Cc1cc2c(c(CC(Cc3cc(C)c(C)c4c3=NCN=4)Cc3cc(C)c(C)c4c3=NCN=4)c1C)=NCN=2. The van der Waals surface area contributed by atoms with Crippen molar-refractivity contribution in [1.29, 1.82) is 0 Å². The van der Waals surface area contributed by atoms with Gasteiger partial charge in [0.1, 0.15) is 20.0 Å². The van der Waals surface area contributed by atoms with Crippen LogP contribution in [0.1, 0.15) is 50.1 Å². The first-order valence-electron chi connectivity index (χ1n) is 13.3. The lowest BCUT2D eigenvalue weighted by Gasteiger charge is -2.21. The van der Waals surface area contributed by atoms with Crippen LogP contribution in [0.15, 0.2) is 48.2 Å². The predicted octanol–water partition coefficient (Wildman–Crippen LogP) is 1.81. The molecule has 0 bridgehead atoms. The van der Waals surface area contributed by atoms with Crippen molar-refractivity contribution >= 4 is 0 Å². The number of aryl methyl sites for hydroxylation is 3. The molecule has 0 amide bonds. The van der Waals surface area contributed by atoms with Crippen molar-refractivity contribution in [2.75, 3.05) is 20.0 Å². The number of hydrogen-bond acceptors (Lipinski definition) is 6. The minimum Gasteiger partial charge on any atom is -0.260 e. The molecule has 37 heavy (non-hydrogen) atoms. The normalized spacial score (nSPS) is 14.7. The zero-order valence-electron chi connectivity index (χ0n) is 22.7. The predicted molar refractivity (Wildman–Crippen MR) is 144 cm³/mol. The molecule has 0 aromatic heterocycles. The number of benzene rings is 3. The zero-order chi connectivity index (χ0) is 25.8. The highest BCUT2D eigenvalue weighted by atomic mass is 15.0. The number of fused-ring (bicyclic) bond motifs is 3. The maximum absolute atomic E-state index is 4.81. The first-order chi connectivity index (χ1) is 17.8. The molecule has 3 aliphatic rings. The van der Waals surface area contributed by atoms with Gasteiger partial charge in [0.15, 0.2) is 0 Å². The van der Waals surface area contributed by atoms with E-state index >= 15 is 0 Å². The second kappa shape index (κ2) is 9.09. The van der Waals surface area contributed by atoms with Crippen molar-refractivity contribution < 1.29 is 0 Å². The van der Waals surface area contributed by atoms with Crippen LogP contribution < -0.4 is 32.1 Å². The van der Waals surface area contributed by atoms with Gasteiger partial charge in [0.2, 0.25) is 0 Å². The van der Waals surface area contributed by atoms with E-state index in [1.165, 1.54) is 50.1 Å². The zero-order valence-corrected chi connectivity index (χ0v) is 22.7. The lowest BCUT2D eigenvalue weighted by molar-refractivity contribution is 0.510. The van der Waals surface area contributed by atoms with Crippen LogP contribution in [0.4, 0.5) is 0 Å². The quantitative estimate of drug-likeness (QED) is 0.506. The molecule has 3 aliphatic heterocycles. The summed E-state index contributed by atoms with van der Waals surface area (Å²) < 4.78 is 0. The highest BCUT2D eigenvalue weighted by molar-refractivity contribution is 5.36. The minimum atomic E-state index is 0.351. The van der Waals surface area contributed by atoms with Crippen molar-refractivity contribution in [3.63, 3.8) is 0 Å². The summed E-state index contributed by atoms with van der Waals surface area (Å²) in [4.78, 5) is 28.5. The Hall–Kier alpha value is -3.54. The van der Waals surface area contributed by atoms with Gasteiger partial charge in [0.25, 0.3) is 0 Å². The summed E-state index contributed by atoms with van der Waals surface area (Å²) in [6.07, 6.45) is 2.80. The van der Waals surface area contributed by atoms with Crippen LogP contribution in [-0.4, -0.2) is 20.0 Å². The molecule has 0 saturated heterocycles. The first-order valence-corrected chi connectivity index (χ1v) is 13.3. The second-order valence-corrected chi connectivity index (χ2v) is 10.9. The highest BCUT2D eigenvalue weighted by Crippen LogP contribution is 2.21. The molecule has 0 aliphatic carbocycles. The summed E-state index contributed by atoms with van der Waals surface area (Å²) >= 11 is 0. The molecule has 188 valence electrons. The summed E-state index contributed by atoms with van der Waals surface area (Å²) in [7, 11) is 0. The average molecular weight is 491 g/mol. The molecule has 0 N–H and O–H groups in total. The van der Waals surface area contributed by atoms with Gasteiger partial charge in [-0.25, -0.2) is 0 Å². The third-order valence-corrected chi connectivity index (χ3v) is 8.55. The molecule has 0 spiro atoms. The fourth-order valence-electron chi connectivity index (χ4n) is 6.12. The molecule has 0 saturated carbocycles. The smallest absolute Gasteiger partial charge is 0.130 e. The summed E-state index contributed by atoms with van der Waals surface area (Å²) in [6.45, 7) is 14.7. The van der Waals surface area contributed by atoms with Crippen LogP contribution in [0.25, 0.3) is 0 Å². The largest absolute Gasteiger partial charge is 0.260 e. The van der Waals surface area contributed by atoms with Crippen molar-refractivity contribution in [2.24, 2.45) is 35.9 Å². The molecule has 0 radical (unpaired) electrons. The molecule has 0 fully saturated rings. The lowest BCUT2D eigenvalue weighted by atomic mass is 9.83. The Morgan fingerprint density at radius 2 is 0.973 bits per heavy atom. The van der Waals surface area contributed by atoms with E-state index in [9.17, 15) is 0 Å². The fourth-order valence-corrected chi connectivity index (χ4v) is 6.12. The molecule has 3 heterocycles. The van der Waals surface area contributed by atoms with Crippen LogP contribution in [0.3, 0.4) is 0 Å². The van der Waals surface area contributed by atoms with Gasteiger partial charge in [-0.05, 0) is 123 Å². The third kappa shape index (κ3) is 4.03. The molecule has 0 atom stereocenters. The maximum atomic E-state index is 4.81. The van der Waals surface area contributed by atoms with E-state index in [-0.39, 0.29) is 0 Å². The standard InChI is InChI=1S/C31H34N6/c1-16-7-23(29-27(20(16)5)33-14-35-29)10-22(11-24-8-17(2)21(6)28-30(24)36-15-34-28)12-25-19(4)18(3)9-26-31(25)37-13-32-26/h7-9,22H,10-15H2,1-6H3. The second-order valence-electron chi connectivity index (χ2n) is 10.9. The van der Waals surface area contributed by atoms with E-state index in [4.69, 9.17) is 25.0 Å². The lowest BCUT2D eigenvalue weighted by Crippen LogP contribution is -2.35. The van der Waals surface area contributed by atoms with Gasteiger partial charge in [-0.15, -0.1) is 0 Å². The van der Waals surface area contributed by atoms with Gasteiger partial charge in [-0.3, -0.25) is 30.0 Å². The summed E-state index contributed by atoms with van der Waals surface area (Å²) in [5.41, 5.74) is 11.6. The Kier molecular flexibility index (Phi) is 5.85. The van der Waals surface area contributed by atoms with Crippen molar-refractivity contribution in [2.45, 2.75) is 60.8 Å². The molecular weight excluding hydrogens is 456 g/mol. The summed E-state index contributed by atoms with van der Waals surface area (Å²) in [5, 5.41) is 6.46.